The molecule has 22 heavy (non-hydrogen) atoms. The Bertz CT molecular complexity index is 609. The van der Waals surface area contributed by atoms with Crippen LogP contribution in [0.3, 0.4) is 0 Å². The molecule has 0 aromatic heterocycles. The number of nitrogens with zero attached hydrogens (tertiary/aromatic N) is 1. The summed E-state index contributed by atoms with van der Waals surface area (Å²) in [5.74, 6) is 2.74. The number of sulfone groups is 1. The highest BCUT2D eigenvalue weighted by atomic mass is 32.2. The molecule has 1 unspecified atom stereocenters. The fraction of sp³-hybridized carbons (Fsp3) is 0.562. The molecule has 0 aliphatic carbocycles. The van der Waals surface area contributed by atoms with Crippen LogP contribution in [-0.4, -0.2) is 50.6 Å². The summed E-state index contributed by atoms with van der Waals surface area (Å²) in [5.41, 5.74) is 1.86. The van der Waals surface area contributed by atoms with E-state index in [0.29, 0.717) is 23.0 Å². The van der Waals surface area contributed by atoms with Crippen LogP contribution in [0.25, 0.3) is 0 Å². The number of carbonyl (C=O) groups is 1. The van der Waals surface area contributed by atoms with E-state index in [9.17, 15) is 13.2 Å². The van der Waals surface area contributed by atoms with E-state index in [1.54, 1.807) is 30.8 Å². The third kappa shape index (κ3) is 5.02. The highest BCUT2D eigenvalue weighted by Crippen LogP contribution is 2.24. The van der Waals surface area contributed by atoms with Gasteiger partial charge in [-0.2, -0.15) is 11.8 Å². The van der Waals surface area contributed by atoms with Crippen molar-refractivity contribution in [3.8, 4) is 0 Å². The number of benzene rings is 1. The number of carbonyl (C=O) groups excluding carboxylic acids is 1. The maximum atomic E-state index is 11.8. The highest BCUT2D eigenvalue weighted by Gasteiger charge is 2.24. The Morgan fingerprint density at radius 2 is 1.95 bits per heavy atom. The summed E-state index contributed by atoms with van der Waals surface area (Å²) in [4.78, 5) is 13.4. The summed E-state index contributed by atoms with van der Waals surface area (Å²) < 4.78 is 23.2. The first kappa shape index (κ1) is 17.3. The van der Waals surface area contributed by atoms with Crippen molar-refractivity contribution in [2.24, 2.45) is 5.92 Å². The standard InChI is InChI=1S/C16H23NO3S2/c1-17(2)16(18)15-7-5-13(6-8-15)10-21-11-14-4-3-9-22(19,20)12-14/h5-8,14H,3-4,9-12H2,1-2H3. The van der Waals surface area contributed by atoms with Crippen molar-refractivity contribution in [3.05, 3.63) is 35.4 Å². The van der Waals surface area contributed by atoms with E-state index in [4.69, 9.17) is 0 Å². The van der Waals surface area contributed by atoms with E-state index in [-0.39, 0.29) is 5.91 Å². The Morgan fingerprint density at radius 3 is 2.55 bits per heavy atom. The predicted octanol–water partition coefficient (Wildman–Crippen LogP) is 2.45. The van der Waals surface area contributed by atoms with Crippen LogP contribution < -0.4 is 0 Å². The zero-order chi connectivity index (χ0) is 16.2. The van der Waals surface area contributed by atoms with Gasteiger partial charge in [0, 0.05) is 25.4 Å². The number of rotatable bonds is 5. The van der Waals surface area contributed by atoms with Crippen molar-refractivity contribution in [2.45, 2.75) is 18.6 Å². The lowest BCUT2D eigenvalue weighted by atomic mass is 10.1. The van der Waals surface area contributed by atoms with E-state index in [0.717, 1.165) is 24.3 Å². The first-order valence-corrected chi connectivity index (χ1v) is 10.4. The average Bonchev–Trinajstić information content (AvgIpc) is 2.46. The fourth-order valence-electron chi connectivity index (χ4n) is 2.59. The summed E-state index contributed by atoms with van der Waals surface area (Å²) in [7, 11) is 0.675. The number of thioether (sulfide) groups is 1. The molecule has 1 aromatic rings. The maximum absolute atomic E-state index is 11.8. The molecule has 2 rings (SSSR count). The van der Waals surface area contributed by atoms with Crippen LogP contribution in [0.4, 0.5) is 0 Å². The molecule has 1 aliphatic heterocycles. The first-order chi connectivity index (χ1) is 10.4. The number of amides is 1. The molecule has 0 N–H and O–H groups in total. The molecule has 1 aliphatic rings. The summed E-state index contributed by atoms with van der Waals surface area (Å²) in [6, 6.07) is 7.65. The molecule has 0 spiro atoms. The molecule has 4 nitrogen and oxygen atoms in total. The highest BCUT2D eigenvalue weighted by molar-refractivity contribution is 7.98. The van der Waals surface area contributed by atoms with E-state index in [1.165, 1.54) is 5.56 Å². The van der Waals surface area contributed by atoms with Gasteiger partial charge >= 0.3 is 0 Å². The first-order valence-electron chi connectivity index (χ1n) is 7.46. The van der Waals surface area contributed by atoms with Gasteiger partial charge in [-0.1, -0.05) is 12.1 Å². The van der Waals surface area contributed by atoms with Crippen LogP contribution in [0.5, 0.6) is 0 Å². The van der Waals surface area contributed by atoms with Gasteiger partial charge in [-0.05, 0) is 42.2 Å². The van der Waals surface area contributed by atoms with E-state index in [1.807, 2.05) is 24.3 Å². The Morgan fingerprint density at radius 1 is 1.27 bits per heavy atom. The third-order valence-electron chi connectivity index (χ3n) is 3.79. The predicted molar refractivity (Wildman–Crippen MR) is 92.0 cm³/mol. The molecule has 1 amide bonds. The van der Waals surface area contributed by atoms with Crippen LogP contribution in [0, 0.1) is 5.92 Å². The summed E-state index contributed by atoms with van der Waals surface area (Å²) in [6.07, 6.45) is 1.82. The van der Waals surface area contributed by atoms with E-state index in [2.05, 4.69) is 0 Å². The topological polar surface area (TPSA) is 54.5 Å². The van der Waals surface area contributed by atoms with Crippen LogP contribution in [0.2, 0.25) is 0 Å². The van der Waals surface area contributed by atoms with Crippen molar-refractivity contribution in [1.29, 1.82) is 0 Å². The van der Waals surface area contributed by atoms with Crippen molar-refractivity contribution in [2.75, 3.05) is 31.4 Å². The monoisotopic (exact) mass is 341 g/mol. The molecule has 1 saturated heterocycles. The maximum Gasteiger partial charge on any atom is 0.253 e. The summed E-state index contributed by atoms with van der Waals surface area (Å²) >= 11 is 1.77. The minimum absolute atomic E-state index is 0.00613. The largest absolute Gasteiger partial charge is 0.345 e. The third-order valence-corrected chi connectivity index (χ3v) is 6.92. The SMILES string of the molecule is CN(C)C(=O)c1ccc(CSCC2CCCS(=O)(=O)C2)cc1. The molecule has 1 aromatic carbocycles. The second-order valence-corrected chi connectivity index (χ2v) is 9.29. The minimum atomic E-state index is -2.81. The average molecular weight is 341 g/mol. The molecule has 1 fully saturated rings. The van der Waals surface area contributed by atoms with Crippen LogP contribution in [-0.2, 0) is 15.6 Å². The van der Waals surface area contributed by atoms with Crippen molar-refractivity contribution in [3.63, 3.8) is 0 Å². The molecule has 0 saturated carbocycles. The lowest BCUT2D eigenvalue weighted by Crippen LogP contribution is -2.26. The fourth-order valence-corrected chi connectivity index (χ4v) is 5.68. The molecular weight excluding hydrogens is 318 g/mol. The van der Waals surface area contributed by atoms with Gasteiger partial charge in [0.05, 0.1) is 11.5 Å². The lowest BCUT2D eigenvalue weighted by Gasteiger charge is -2.21. The second kappa shape index (κ2) is 7.51. The molecule has 0 bridgehead atoms. The zero-order valence-corrected chi connectivity index (χ0v) is 14.8. The molecule has 6 heteroatoms. The van der Waals surface area contributed by atoms with Crippen LogP contribution in [0.15, 0.2) is 24.3 Å². The van der Waals surface area contributed by atoms with Gasteiger partial charge in [0.25, 0.3) is 5.91 Å². The molecule has 1 atom stereocenters. The Balaban J connectivity index is 1.81. The van der Waals surface area contributed by atoms with Gasteiger partial charge in [0.15, 0.2) is 9.84 Å². The molecule has 1 heterocycles. The summed E-state index contributed by atoms with van der Waals surface area (Å²) in [5, 5.41) is 0. The lowest BCUT2D eigenvalue weighted by molar-refractivity contribution is 0.0827. The van der Waals surface area contributed by atoms with Gasteiger partial charge in [-0.15, -0.1) is 0 Å². The van der Waals surface area contributed by atoms with Gasteiger partial charge in [0.1, 0.15) is 0 Å². The van der Waals surface area contributed by atoms with Crippen molar-refractivity contribution >= 4 is 27.5 Å². The van der Waals surface area contributed by atoms with Crippen molar-refractivity contribution in [1.82, 2.24) is 4.90 Å². The number of hydrogen-bond acceptors (Lipinski definition) is 4. The molecule has 122 valence electrons. The van der Waals surface area contributed by atoms with E-state index < -0.39 is 9.84 Å². The molecule has 0 radical (unpaired) electrons. The zero-order valence-electron chi connectivity index (χ0n) is 13.1. The van der Waals surface area contributed by atoms with Gasteiger partial charge in [0.2, 0.25) is 0 Å². The van der Waals surface area contributed by atoms with Gasteiger partial charge in [-0.3, -0.25) is 4.79 Å². The minimum Gasteiger partial charge on any atom is -0.345 e. The van der Waals surface area contributed by atoms with Gasteiger partial charge < -0.3 is 4.90 Å². The summed E-state index contributed by atoms with van der Waals surface area (Å²) in [6.45, 7) is 0. The second-order valence-electron chi connectivity index (χ2n) is 6.03. The van der Waals surface area contributed by atoms with Crippen LogP contribution >= 0.6 is 11.8 Å². The van der Waals surface area contributed by atoms with Crippen LogP contribution in [0.1, 0.15) is 28.8 Å². The Labute approximate surface area is 137 Å². The Hall–Kier alpha value is -1.01. The normalized spacial score (nSPS) is 20.5. The smallest absolute Gasteiger partial charge is 0.253 e. The Kier molecular flexibility index (Phi) is 5.92. The van der Waals surface area contributed by atoms with E-state index >= 15 is 0 Å². The van der Waals surface area contributed by atoms with Gasteiger partial charge in [-0.25, -0.2) is 8.42 Å². The quantitative estimate of drug-likeness (QED) is 0.825. The number of hydrogen-bond donors (Lipinski definition) is 0. The van der Waals surface area contributed by atoms with Crippen molar-refractivity contribution < 1.29 is 13.2 Å². The molecular formula is C16H23NO3S2.